The van der Waals surface area contributed by atoms with E-state index in [0.29, 0.717) is 29.9 Å². The molecule has 1 aliphatic heterocycles. The zero-order valence-corrected chi connectivity index (χ0v) is 32.6. The van der Waals surface area contributed by atoms with Gasteiger partial charge in [0.2, 0.25) is 0 Å². The fourth-order valence-electron chi connectivity index (χ4n) is 6.43. The van der Waals surface area contributed by atoms with Gasteiger partial charge in [0.15, 0.2) is 5.78 Å². The number of ketones is 1. The molecule has 0 spiro atoms. The van der Waals surface area contributed by atoms with Gasteiger partial charge in [-0.2, -0.15) is 5.10 Å². The van der Waals surface area contributed by atoms with E-state index in [4.69, 9.17) is 26.2 Å². The maximum Gasteiger partial charge on any atom is 0.323 e. The third-order valence-electron chi connectivity index (χ3n) is 9.37. The van der Waals surface area contributed by atoms with Crippen molar-refractivity contribution in [3.63, 3.8) is 0 Å². The van der Waals surface area contributed by atoms with E-state index in [1.165, 1.54) is 0 Å². The number of β-amino-alcohol motifs (C(OH)–C–C–N with tert-alkyl or cyclic N) is 1. The van der Waals surface area contributed by atoms with E-state index in [0.717, 1.165) is 84.1 Å². The molecule has 0 aliphatic carbocycles. The van der Waals surface area contributed by atoms with Crippen LogP contribution in [-0.4, -0.2) is 112 Å². The first-order valence-corrected chi connectivity index (χ1v) is 19.1. The quantitative estimate of drug-likeness (QED) is 0.0805. The van der Waals surface area contributed by atoms with Crippen LogP contribution < -0.4 is 14.8 Å². The lowest BCUT2D eigenvalue weighted by Gasteiger charge is -2.18. The molecule has 14 heteroatoms. The zero-order valence-electron chi connectivity index (χ0n) is 30.3. The molecule has 3 aromatic carbocycles. The van der Waals surface area contributed by atoms with Gasteiger partial charge in [0.1, 0.15) is 30.8 Å². The predicted molar refractivity (Wildman–Crippen MR) is 209 cm³/mol. The van der Waals surface area contributed by atoms with Crippen LogP contribution in [0.3, 0.4) is 0 Å². The number of rotatable bonds is 21. The third kappa shape index (κ3) is 11.2. The highest BCUT2D eigenvalue weighted by molar-refractivity contribution is 9.10. The van der Waals surface area contributed by atoms with Crippen molar-refractivity contribution in [2.75, 3.05) is 53.5 Å². The first-order valence-electron chi connectivity index (χ1n) is 18.0. The molecule has 1 saturated heterocycles. The number of carboxylic acid groups (broad SMARTS) is 1. The maximum atomic E-state index is 12.6. The number of carbonyl (C=O) groups is 2. The summed E-state index contributed by atoms with van der Waals surface area (Å²) < 4.78 is 15.1. The smallest absolute Gasteiger partial charge is 0.323 e. The number of aryl methyl sites for hydroxylation is 1. The first kappa shape index (κ1) is 40.6. The highest BCUT2D eigenvalue weighted by Gasteiger charge is 2.21. The molecule has 53 heavy (non-hydrogen) atoms. The van der Waals surface area contributed by atoms with Gasteiger partial charge in [-0.25, -0.2) is 0 Å². The average Bonchev–Trinajstić information content (AvgIpc) is 3.75. The Hall–Kier alpha value is -3.56. The molecule has 4 aromatic rings. The molecule has 0 radical (unpaired) electrons. The number of carboxylic acids is 1. The van der Waals surface area contributed by atoms with Gasteiger partial charge in [0.25, 0.3) is 0 Å². The summed E-state index contributed by atoms with van der Waals surface area (Å²) in [5.41, 5.74) is 4.49. The largest absolute Gasteiger partial charge is 0.487 e. The molecule has 0 bridgehead atoms. The van der Waals surface area contributed by atoms with Crippen LogP contribution in [0.2, 0.25) is 5.02 Å². The van der Waals surface area contributed by atoms with Crippen LogP contribution in [0.4, 0.5) is 0 Å². The number of nitrogens with zero attached hydrogens (tertiary/aromatic N) is 4. The fraction of sp³-hybridized carbons (Fsp3) is 0.462. The summed E-state index contributed by atoms with van der Waals surface area (Å²) in [4.78, 5) is 28.4. The second-order valence-electron chi connectivity index (χ2n) is 13.7. The number of aliphatic hydroxyl groups excluding tert-OH is 2. The molecule has 2 atom stereocenters. The predicted octanol–water partition coefficient (Wildman–Crippen LogP) is 5.37. The van der Waals surface area contributed by atoms with Gasteiger partial charge in [-0.15, -0.1) is 0 Å². The summed E-state index contributed by atoms with van der Waals surface area (Å²) >= 11 is 10.5. The number of halogens is 2. The molecular weight excluding hydrogens is 766 g/mol. The minimum Gasteiger partial charge on any atom is -0.487 e. The Kier molecular flexibility index (Phi) is 15.1. The Bertz CT molecular complexity index is 1850. The molecule has 1 aliphatic rings. The van der Waals surface area contributed by atoms with Crippen LogP contribution in [-0.2, 0) is 29.3 Å². The molecule has 5 rings (SSSR count). The summed E-state index contributed by atoms with van der Waals surface area (Å²) in [6.07, 6.45) is 5.68. The van der Waals surface area contributed by atoms with Gasteiger partial charge >= 0.3 is 5.97 Å². The van der Waals surface area contributed by atoms with E-state index in [1.807, 2.05) is 43.4 Å². The molecule has 0 saturated carbocycles. The molecular formula is C39H49BrClN5O7. The van der Waals surface area contributed by atoms with Crippen LogP contribution in [0.15, 0.2) is 59.2 Å². The van der Waals surface area contributed by atoms with Crippen molar-refractivity contribution in [2.45, 2.75) is 63.9 Å². The van der Waals surface area contributed by atoms with E-state index < -0.39 is 18.6 Å². The molecule has 286 valence electrons. The number of carbonyl (C=O) groups excluding carboxylic acids is 1. The van der Waals surface area contributed by atoms with Crippen LogP contribution in [0.5, 0.6) is 11.5 Å². The number of aliphatic hydroxyl groups is 2. The number of hydrogen-bond donors (Lipinski definition) is 4. The molecule has 1 fully saturated rings. The van der Waals surface area contributed by atoms with Gasteiger partial charge in [0, 0.05) is 59.7 Å². The Balaban J connectivity index is 1.29. The van der Waals surface area contributed by atoms with Crippen molar-refractivity contribution in [1.29, 1.82) is 0 Å². The summed E-state index contributed by atoms with van der Waals surface area (Å²) in [7, 11) is 3.90. The third-order valence-corrected chi connectivity index (χ3v) is 10.6. The van der Waals surface area contributed by atoms with E-state index in [2.05, 4.69) is 49.0 Å². The topological polar surface area (TPSA) is 150 Å². The summed E-state index contributed by atoms with van der Waals surface area (Å²) in [5.74, 6) is -0.598. The van der Waals surface area contributed by atoms with Gasteiger partial charge in [0.05, 0.1) is 29.4 Å². The Labute approximate surface area is 323 Å². The fourth-order valence-corrected chi connectivity index (χ4v) is 7.26. The highest BCUT2D eigenvalue weighted by Crippen LogP contribution is 2.38. The van der Waals surface area contributed by atoms with Gasteiger partial charge in [-0.1, -0.05) is 41.9 Å². The van der Waals surface area contributed by atoms with Crippen molar-refractivity contribution < 1.29 is 34.4 Å². The number of ether oxygens (including phenoxy) is 2. The van der Waals surface area contributed by atoms with Crippen molar-refractivity contribution in [3.05, 3.63) is 75.4 Å². The number of unbranched alkanes of at least 4 members (excludes halogenated alkanes) is 1. The van der Waals surface area contributed by atoms with E-state index in [9.17, 15) is 24.9 Å². The van der Waals surface area contributed by atoms with Crippen molar-refractivity contribution in [2.24, 2.45) is 0 Å². The van der Waals surface area contributed by atoms with Gasteiger partial charge in [-0.05, 0) is 92.1 Å². The number of nitrogens with one attached hydrogen (secondary N) is 1. The monoisotopic (exact) mass is 813 g/mol. The molecule has 4 N–H and O–H groups in total. The normalized spacial score (nSPS) is 15.3. The number of hydrogen-bond acceptors (Lipinski definition) is 10. The van der Waals surface area contributed by atoms with Crippen LogP contribution in [0, 0.1) is 0 Å². The standard InChI is InChI=1S/C39H49BrClN5O7/c1-44(2)14-7-9-29(49)25-53-36-19-37(33(41)18-27(36)20-42-34(23-47)39(50)51)52-24-26-8-5-11-31(38(26)40)30-10-6-12-35-32(30)21-43-46(35)16-4-3-15-45-17-13-28(48)22-45/h5-6,8,10-12,18-19,21,28,34,42,47-48H,3-4,7,9,13-17,20,22-25H2,1-2H3,(H,50,51)/t28-,34+/m1/s1. The summed E-state index contributed by atoms with van der Waals surface area (Å²) in [6.45, 7) is 3.74. The lowest BCUT2D eigenvalue weighted by molar-refractivity contribution is -0.140. The lowest BCUT2D eigenvalue weighted by atomic mass is 10.00. The Morgan fingerprint density at radius 1 is 1.06 bits per heavy atom. The van der Waals surface area contributed by atoms with E-state index >= 15 is 0 Å². The SMILES string of the molecule is CN(C)CCCC(=O)COc1cc(OCc2cccc(-c3cccc4c3cnn4CCCCN3CC[C@@H](O)C3)c2Br)c(Cl)cc1CN[C@@H](CO)C(=O)O. The van der Waals surface area contributed by atoms with Crippen LogP contribution in [0.25, 0.3) is 22.0 Å². The minimum atomic E-state index is -1.19. The summed E-state index contributed by atoms with van der Waals surface area (Å²) in [6, 6.07) is 14.3. The number of aliphatic carboxylic acids is 1. The zero-order chi connectivity index (χ0) is 37.9. The van der Waals surface area contributed by atoms with Crippen molar-refractivity contribution >= 4 is 50.2 Å². The maximum absolute atomic E-state index is 12.6. The molecule has 2 heterocycles. The lowest BCUT2D eigenvalue weighted by Crippen LogP contribution is -2.39. The molecule has 0 amide bonds. The Morgan fingerprint density at radius 3 is 2.57 bits per heavy atom. The molecule has 12 nitrogen and oxygen atoms in total. The van der Waals surface area contributed by atoms with Gasteiger partial charge in [-0.3, -0.25) is 19.6 Å². The molecule has 1 aromatic heterocycles. The number of Topliss-reactive ketones (excluding diaryl/α,β-unsaturated/α-hetero) is 1. The van der Waals surface area contributed by atoms with E-state index in [1.54, 1.807) is 12.1 Å². The van der Waals surface area contributed by atoms with Crippen LogP contribution >= 0.6 is 27.5 Å². The van der Waals surface area contributed by atoms with Crippen LogP contribution in [0.1, 0.15) is 43.2 Å². The number of likely N-dealkylation sites (tertiary alicyclic amines) is 1. The highest BCUT2D eigenvalue weighted by atomic mass is 79.9. The first-order chi connectivity index (χ1) is 25.5. The minimum absolute atomic E-state index is 0.0288. The number of aromatic nitrogens is 2. The van der Waals surface area contributed by atoms with Gasteiger partial charge < -0.3 is 34.6 Å². The van der Waals surface area contributed by atoms with Crippen molar-refractivity contribution in [1.82, 2.24) is 24.9 Å². The Morgan fingerprint density at radius 2 is 1.83 bits per heavy atom. The average molecular weight is 815 g/mol. The number of benzene rings is 3. The van der Waals surface area contributed by atoms with E-state index in [-0.39, 0.29) is 36.7 Å². The number of fused-ring (bicyclic) bond motifs is 1. The second-order valence-corrected chi connectivity index (χ2v) is 14.9. The second kappa shape index (κ2) is 19.7. The summed E-state index contributed by atoms with van der Waals surface area (Å²) in [5, 5.41) is 37.5. The van der Waals surface area contributed by atoms with Crippen molar-refractivity contribution in [3.8, 4) is 22.6 Å². The molecule has 0 unspecified atom stereocenters.